The summed E-state index contributed by atoms with van der Waals surface area (Å²) in [7, 11) is 1.78. The van der Waals surface area contributed by atoms with Gasteiger partial charge in [-0.05, 0) is 37.6 Å². The second-order valence-electron chi connectivity index (χ2n) is 6.73. The van der Waals surface area contributed by atoms with E-state index >= 15 is 0 Å². The molecule has 2 N–H and O–H groups in total. The van der Waals surface area contributed by atoms with E-state index in [0.717, 1.165) is 26.2 Å². The summed E-state index contributed by atoms with van der Waals surface area (Å²) in [6, 6.07) is 0.421. The third-order valence-electron chi connectivity index (χ3n) is 4.50. The molecule has 0 spiro atoms. The lowest BCUT2D eigenvalue weighted by atomic mass is 9.92. The van der Waals surface area contributed by atoms with Gasteiger partial charge in [0.1, 0.15) is 0 Å². The Morgan fingerprint density at radius 3 is 2.63 bits per heavy atom. The van der Waals surface area contributed by atoms with Crippen LogP contribution in [0.25, 0.3) is 0 Å². The van der Waals surface area contributed by atoms with E-state index in [0.29, 0.717) is 17.9 Å². The van der Waals surface area contributed by atoms with E-state index in [4.69, 9.17) is 4.74 Å². The van der Waals surface area contributed by atoms with Crippen LogP contribution in [0.2, 0.25) is 0 Å². The summed E-state index contributed by atoms with van der Waals surface area (Å²) in [4.78, 5) is 2.51. The summed E-state index contributed by atoms with van der Waals surface area (Å²) in [5.41, 5.74) is -0.0872. The van der Waals surface area contributed by atoms with Crippen molar-refractivity contribution in [3.63, 3.8) is 0 Å². The summed E-state index contributed by atoms with van der Waals surface area (Å²) >= 11 is 0. The Labute approximate surface area is 117 Å². The first-order valence-electron chi connectivity index (χ1n) is 7.69. The molecular formula is C15H30N2O2. The predicted molar refractivity (Wildman–Crippen MR) is 77.2 cm³/mol. The van der Waals surface area contributed by atoms with E-state index in [-0.39, 0.29) is 12.1 Å². The van der Waals surface area contributed by atoms with Gasteiger partial charge in [-0.1, -0.05) is 13.8 Å². The van der Waals surface area contributed by atoms with Gasteiger partial charge in [-0.15, -0.1) is 0 Å². The largest absolute Gasteiger partial charge is 0.394 e. The quantitative estimate of drug-likeness (QED) is 0.693. The average Bonchev–Trinajstić information content (AvgIpc) is 3.12. The molecule has 112 valence electrons. The first-order chi connectivity index (χ1) is 9.09. The number of likely N-dealkylation sites (tertiary alicyclic amines) is 1. The zero-order chi connectivity index (χ0) is 13.9. The molecule has 2 unspecified atom stereocenters. The molecule has 0 radical (unpaired) electrons. The molecule has 19 heavy (non-hydrogen) atoms. The fraction of sp³-hybridized carbons (Fsp3) is 1.00. The van der Waals surface area contributed by atoms with Crippen LogP contribution in [0.5, 0.6) is 0 Å². The van der Waals surface area contributed by atoms with Gasteiger partial charge in [-0.3, -0.25) is 0 Å². The molecule has 0 aromatic carbocycles. The molecular weight excluding hydrogens is 240 g/mol. The van der Waals surface area contributed by atoms with Crippen LogP contribution in [0.3, 0.4) is 0 Å². The highest BCUT2D eigenvalue weighted by atomic mass is 16.5. The van der Waals surface area contributed by atoms with Gasteiger partial charge < -0.3 is 20.1 Å². The van der Waals surface area contributed by atoms with Crippen LogP contribution < -0.4 is 5.32 Å². The third-order valence-corrected chi connectivity index (χ3v) is 4.50. The molecule has 0 aromatic rings. The number of nitrogens with zero attached hydrogens (tertiary/aromatic N) is 1. The Morgan fingerprint density at radius 1 is 1.37 bits per heavy atom. The van der Waals surface area contributed by atoms with Crippen molar-refractivity contribution < 1.29 is 9.84 Å². The summed E-state index contributed by atoms with van der Waals surface area (Å²) in [6.45, 7) is 8.69. The summed E-state index contributed by atoms with van der Waals surface area (Å²) in [5.74, 6) is 1.32. The highest BCUT2D eigenvalue weighted by Gasteiger charge is 2.46. The number of aliphatic hydroxyl groups excluding tert-OH is 1. The fourth-order valence-electron chi connectivity index (χ4n) is 3.56. The van der Waals surface area contributed by atoms with Crippen molar-refractivity contribution in [2.45, 2.75) is 44.7 Å². The maximum absolute atomic E-state index is 9.95. The minimum absolute atomic E-state index is 0.0872. The topological polar surface area (TPSA) is 44.7 Å². The maximum Gasteiger partial charge on any atom is 0.0628 e. The number of rotatable bonds is 8. The Hall–Kier alpha value is -0.160. The molecule has 4 nitrogen and oxygen atoms in total. The zero-order valence-corrected chi connectivity index (χ0v) is 12.7. The van der Waals surface area contributed by atoms with Gasteiger partial charge in [-0.2, -0.15) is 0 Å². The molecule has 4 heteroatoms. The molecule has 1 aliphatic heterocycles. The Balaban J connectivity index is 1.93. The minimum atomic E-state index is -0.0872. The van der Waals surface area contributed by atoms with Crippen molar-refractivity contribution in [1.29, 1.82) is 0 Å². The number of hydrogen-bond donors (Lipinski definition) is 2. The molecule has 0 bridgehead atoms. The molecule has 2 aliphatic rings. The van der Waals surface area contributed by atoms with E-state index in [1.165, 1.54) is 19.3 Å². The molecule has 1 saturated heterocycles. The Bertz CT molecular complexity index is 281. The number of hydrogen-bond acceptors (Lipinski definition) is 4. The smallest absolute Gasteiger partial charge is 0.0628 e. The highest BCUT2D eigenvalue weighted by molar-refractivity contribution is 5.04. The minimum Gasteiger partial charge on any atom is -0.394 e. The first-order valence-corrected chi connectivity index (χ1v) is 7.69. The third kappa shape index (κ3) is 3.91. The van der Waals surface area contributed by atoms with Crippen LogP contribution in [0, 0.1) is 11.8 Å². The standard InChI is InChI=1S/C15H30N2O2/c1-12(2)16-15(11-18,14-4-5-14)10-17-7-6-13(8-17)9-19-3/h12-14,16,18H,4-11H2,1-3H3. The van der Waals surface area contributed by atoms with E-state index in [1.54, 1.807) is 7.11 Å². The first kappa shape index (κ1) is 15.2. The highest BCUT2D eigenvalue weighted by Crippen LogP contribution is 2.41. The average molecular weight is 270 g/mol. The van der Waals surface area contributed by atoms with Gasteiger partial charge in [0, 0.05) is 26.2 Å². The number of aliphatic hydroxyl groups is 1. The van der Waals surface area contributed by atoms with E-state index in [2.05, 4.69) is 24.1 Å². The van der Waals surface area contributed by atoms with Crippen LogP contribution >= 0.6 is 0 Å². The lowest BCUT2D eigenvalue weighted by Gasteiger charge is -2.38. The zero-order valence-electron chi connectivity index (χ0n) is 12.7. The molecule has 2 fully saturated rings. The van der Waals surface area contributed by atoms with Crippen molar-refractivity contribution >= 4 is 0 Å². The summed E-state index contributed by atoms with van der Waals surface area (Å²) in [6.07, 6.45) is 3.74. The van der Waals surface area contributed by atoms with Crippen molar-refractivity contribution in [1.82, 2.24) is 10.2 Å². The Kier molecular flexibility index (Phi) is 5.23. The second kappa shape index (κ2) is 6.53. The van der Waals surface area contributed by atoms with Crippen molar-refractivity contribution in [3.8, 4) is 0 Å². The maximum atomic E-state index is 9.95. The van der Waals surface area contributed by atoms with Crippen LogP contribution in [0.1, 0.15) is 33.1 Å². The van der Waals surface area contributed by atoms with Gasteiger partial charge in [0.25, 0.3) is 0 Å². The summed E-state index contributed by atoms with van der Waals surface area (Å²) in [5, 5.41) is 13.6. The predicted octanol–water partition coefficient (Wildman–Crippen LogP) is 1.09. The molecule has 1 saturated carbocycles. The lowest BCUT2D eigenvalue weighted by molar-refractivity contribution is 0.0877. The molecule has 0 amide bonds. The van der Waals surface area contributed by atoms with Gasteiger partial charge in [-0.25, -0.2) is 0 Å². The molecule has 0 aromatic heterocycles. The molecule has 1 heterocycles. The molecule has 2 rings (SSSR count). The van der Waals surface area contributed by atoms with E-state index < -0.39 is 0 Å². The number of nitrogens with one attached hydrogen (secondary N) is 1. The SMILES string of the molecule is COCC1CCN(CC(CO)(NC(C)C)C2CC2)C1. The number of methoxy groups -OCH3 is 1. The van der Waals surface area contributed by atoms with Crippen LogP contribution in [0.4, 0.5) is 0 Å². The van der Waals surface area contributed by atoms with Crippen molar-refractivity contribution in [2.24, 2.45) is 11.8 Å². The molecule has 2 atom stereocenters. The van der Waals surface area contributed by atoms with Gasteiger partial charge in [0.05, 0.1) is 18.8 Å². The fourth-order valence-corrected chi connectivity index (χ4v) is 3.56. The number of ether oxygens (including phenoxy) is 1. The van der Waals surface area contributed by atoms with Crippen LogP contribution in [-0.2, 0) is 4.74 Å². The Morgan fingerprint density at radius 2 is 2.11 bits per heavy atom. The van der Waals surface area contributed by atoms with E-state index in [9.17, 15) is 5.11 Å². The van der Waals surface area contributed by atoms with Crippen LogP contribution in [-0.4, -0.2) is 61.5 Å². The van der Waals surface area contributed by atoms with Crippen LogP contribution in [0.15, 0.2) is 0 Å². The van der Waals surface area contributed by atoms with E-state index in [1.807, 2.05) is 0 Å². The normalized spacial score (nSPS) is 27.9. The molecule has 1 aliphatic carbocycles. The van der Waals surface area contributed by atoms with Gasteiger partial charge >= 0.3 is 0 Å². The summed E-state index contributed by atoms with van der Waals surface area (Å²) < 4.78 is 5.26. The van der Waals surface area contributed by atoms with Gasteiger partial charge in [0.2, 0.25) is 0 Å². The monoisotopic (exact) mass is 270 g/mol. The van der Waals surface area contributed by atoms with Crippen molar-refractivity contribution in [3.05, 3.63) is 0 Å². The van der Waals surface area contributed by atoms with Crippen molar-refractivity contribution in [2.75, 3.05) is 40.0 Å². The lowest BCUT2D eigenvalue weighted by Crippen LogP contribution is -2.59. The van der Waals surface area contributed by atoms with Gasteiger partial charge in [0.15, 0.2) is 0 Å². The second-order valence-corrected chi connectivity index (χ2v) is 6.73.